The molecule has 0 aliphatic heterocycles. The van der Waals surface area contributed by atoms with E-state index in [-0.39, 0.29) is 11.7 Å². The average molecular weight is 272 g/mol. The summed E-state index contributed by atoms with van der Waals surface area (Å²) in [6, 6.07) is 1.84. The van der Waals surface area contributed by atoms with Crippen molar-refractivity contribution in [3.05, 3.63) is 28.1 Å². The minimum atomic E-state index is -0.492. The smallest absolute Gasteiger partial charge is 0.315 e. The van der Waals surface area contributed by atoms with Gasteiger partial charge in [0.15, 0.2) is 0 Å². The van der Waals surface area contributed by atoms with Crippen molar-refractivity contribution in [1.82, 2.24) is 4.98 Å². The molecule has 0 aliphatic rings. The van der Waals surface area contributed by atoms with Crippen LogP contribution in [-0.2, 0) is 0 Å². The highest BCUT2D eigenvalue weighted by Crippen LogP contribution is 2.34. The SMILES string of the molecule is CCC(CC)Nc1ccnc(C(C)Cl)c1[N+](=O)[O-]. The van der Waals surface area contributed by atoms with Crippen LogP contribution in [0.3, 0.4) is 0 Å². The molecule has 0 amide bonds. The number of hydrogen-bond acceptors (Lipinski definition) is 4. The molecule has 100 valence electrons. The normalized spacial score (nSPS) is 12.5. The molecule has 1 heterocycles. The first-order valence-electron chi connectivity index (χ1n) is 6.05. The molecule has 0 aromatic carbocycles. The molecule has 1 rings (SSSR count). The minimum absolute atomic E-state index is 0.0214. The van der Waals surface area contributed by atoms with Crippen LogP contribution in [0.1, 0.15) is 44.7 Å². The predicted octanol–water partition coefficient (Wildman–Crippen LogP) is 3.89. The van der Waals surface area contributed by atoms with E-state index in [2.05, 4.69) is 10.3 Å². The maximum absolute atomic E-state index is 11.2. The number of nitrogens with zero attached hydrogens (tertiary/aromatic N) is 2. The zero-order valence-corrected chi connectivity index (χ0v) is 11.6. The average Bonchev–Trinajstić information content (AvgIpc) is 2.35. The summed E-state index contributed by atoms with van der Waals surface area (Å²) in [5.41, 5.74) is 0.774. The molecule has 6 heteroatoms. The van der Waals surface area contributed by atoms with E-state index in [0.717, 1.165) is 12.8 Å². The molecule has 1 unspecified atom stereocenters. The zero-order valence-electron chi connectivity index (χ0n) is 10.8. The van der Waals surface area contributed by atoms with Gasteiger partial charge in [-0.1, -0.05) is 13.8 Å². The number of nitro groups is 1. The molecule has 1 aromatic heterocycles. The highest BCUT2D eigenvalue weighted by molar-refractivity contribution is 6.20. The van der Waals surface area contributed by atoms with Gasteiger partial charge in [0.05, 0.1) is 10.3 Å². The molecule has 0 bridgehead atoms. The summed E-state index contributed by atoms with van der Waals surface area (Å²) < 4.78 is 0. The summed E-state index contributed by atoms with van der Waals surface area (Å²) >= 11 is 5.93. The topological polar surface area (TPSA) is 68.1 Å². The molecule has 0 fully saturated rings. The first-order valence-corrected chi connectivity index (χ1v) is 6.48. The quantitative estimate of drug-likeness (QED) is 0.484. The van der Waals surface area contributed by atoms with E-state index in [1.165, 1.54) is 0 Å². The minimum Gasteiger partial charge on any atom is -0.377 e. The van der Waals surface area contributed by atoms with Gasteiger partial charge in [0, 0.05) is 12.2 Å². The van der Waals surface area contributed by atoms with Crippen molar-refractivity contribution in [2.75, 3.05) is 5.32 Å². The monoisotopic (exact) mass is 271 g/mol. The third kappa shape index (κ3) is 3.32. The Morgan fingerprint density at radius 1 is 1.50 bits per heavy atom. The summed E-state index contributed by atoms with van der Waals surface area (Å²) in [7, 11) is 0. The number of halogens is 1. The number of anilines is 1. The Hall–Kier alpha value is -1.36. The molecular weight excluding hydrogens is 254 g/mol. The molecule has 0 aliphatic carbocycles. The second kappa shape index (κ2) is 6.54. The van der Waals surface area contributed by atoms with Gasteiger partial charge < -0.3 is 5.32 Å². The molecule has 0 saturated heterocycles. The number of hydrogen-bond donors (Lipinski definition) is 1. The predicted molar refractivity (Wildman–Crippen MR) is 73.2 cm³/mol. The highest BCUT2D eigenvalue weighted by Gasteiger charge is 2.24. The van der Waals surface area contributed by atoms with Crippen LogP contribution >= 0.6 is 11.6 Å². The van der Waals surface area contributed by atoms with Crippen molar-refractivity contribution in [1.29, 1.82) is 0 Å². The van der Waals surface area contributed by atoms with E-state index in [1.807, 2.05) is 13.8 Å². The van der Waals surface area contributed by atoms with E-state index >= 15 is 0 Å². The lowest BCUT2D eigenvalue weighted by atomic mass is 10.1. The fourth-order valence-electron chi connectivity index (χ4n) is 1.78. The molecule has 0 radical (unpaired) electrons. The van der Waals surface area contributed by atoms with Crippen molar-refractivity contribution in [3.63, 3.8) is 0 Å². The lowest BCUT2D eigenvalue weighted by Gasteiger charge is -2.17. The second-order valence-electron chi connectivity index (χ2n) is 4.12. The zero-order chi connectivity index (χ0) is 13.7. The Balaban J connectivity index is 3.18. The number of nitrogens with one attached hydrogen (secondary N) is 1. The van der Waals surface area contributed by atoms with E-state index < -0.39 is 10.3 Å². The first-order chi connectivity index (χ1) is 8.51. The van der Waals surface area contributed by atoms with Crippen LogP contribution in [0.2, 0.25) is 0 Å². The van der Waals surface area contributed by atoms with E-state index in [9.17, 15) is 10.1 Å². The lowest BCUT2D eigenvalue weighted by molar-refractivity contribution is -0.385. The van der Waals surface area contributed by atoms with Gasteiger partial charge in [-0.05, 0) is 25.8 Å². The lowest BCUT2D eigenvalue weighted by Crippen LogP contribution is -2.18. The van der Waals surface area contributed by atoms with Crippen LogP contribution in [0.4, 0.5) is 11.4 Å². The fourth-order valence-corrected chi connectivity index (χ4v) is 1.94. The molecule has 1 aromatic rings. The largest absolute Gasteiger partial charge is 0.377 e. The Morgan fingerprint density at radius 3 is 2.56 bits per heavy atom. The molecule has 0 saturated carbocycles. The number of aromatic nitrogens is 1. The third-order valence-electron chi connectivity index (χ3n) is 2.86. The standard InChI is InChI=1S/C12H18ClN3O2/c1-4-9(5-2)15-10-6-7-14-11(8(3)13)12(10)16(17)18/h6-9H,4-5H2,1-3H3,(H,14,15). The van der Waals surface area contributed by atoms with Crippen molar-refractivity contribution >= 4 is 23.0 Å². The van der Waals surface area contributed by atoms with Crippen LogP contribution in [0.15, 0.2) is 12.3 Å². The van der Waals surface area contributed by atoms with E-state index in [0.29, 0.717) is 11.4 Å². The van der Waals surface area contributed by atoms with E-state index in [4.69, 9.17) is 11.6 Å². The summed E-state index contributed by atoms with van der Waals surface area (Å²) in [6.45, 7) is 5.76. The van der Waals surface area contributed by atoms with Crippen molar-refractivity contribution in [3.8, 4) is 0 Å². The molecule has 1 N–H and O–H groups in total. The van der Waals surface area contributed by atoms with Crippen LogP contribution in [0, 0.1) is 10.1 Å². The summed E-state index contributed by atoms with van der Waals surface area (Å²) in [5.74, 6) is 0. The van der Waals surface area contributed by atoms with Crippen molar-refractivity contribution in [2.45, 2.75) is 45.0 Å². The maximum atomic E-state index is 11.2. The second-order valence-corrected chi connectivity index (χ2v) is 4.78. The van der Waals surface area contributed by atoms with Gasteiger partial charge in [-0.3, -0.25) is 15.1 Å². The van der Waals surface area contributed by atoms with Gasteiger partial charge in [0.1, 0.15) is 11.4 Å². The Morgan fingerprint density at radius 2 is 2.11 bits per heavy atom. The van der Waals surface area contributed by atoms with Crippen molar-refractivity contribution < 1.29 is 4.92 Å². The first kappa shape index (κ1) is 14.7. The van der Waals surface area contributed by atoms with Gasteiger partial charge in [-0.2, -0.15) is 0 Å². The van der Waals surface area contributed by atoms with Crippen LogP contribution in [-0.4, -0.2) is 15.9 Å². The van der Waals surface area contributed by atoms with Crippen LogP contribution < -0.4 is 5.32 Å². The molecule has 18 heavy (non-hydrogen) atoms. The van der Waals surface area contributed by atoms with Gasteiger partial charge >= 0.3 is 5.69 Å². The van der Waals surface area contributed by atoms with Gasteiger partial charge in [0.2, 0.25) is 0 Å². The number of rotatable bonds is 6. The van der Waals surface area contributed by atoms with Crippen LogP contribution in [0.5, 0.6) is 0 Å². The Kier molecular flexibility index (Phi) is 5.34. The molecule has 0 spiro atoms. The molecular formula is C12H18ClN3O2. The van der Waals surface area contributed by atoms with Crippen molar-refractivity contribution in [2.24, 2.45) is 0 Å². The Bertz CT molecular complexity index is 420. The third-order valence-corrected chi connectivity index (χ3v) is 3.06. The summed E-state index contributed by atoms with van der Waals surface area (Å²) in [5, 5.41) is 13.9. The fraction of sp³-hybridized carbons (Fsp3) is 0.583. The Labute approximate surface area is 112 Å². The summed E-state index contributed by atoms with van der Waals surface area (Å²) in [4.78, 5) is 14.8. The van der Waals surface area contributed by atoms with Gasteiger partial charge in [-0.25, -0.2) is 0 Å². The van der Waals surface area contributed by atoms with Gasteiger partial charge in [-0.15, -0.1) is 11.6 Å². The summed E-state index contributed by atoms with van der Waals surface area (Å²) in [6.07, 6.45) is 3.36. The maximum Gasteiger partial charge on any atom is 0.315 e. The van der Waals surface area contributed by atoms with Gasteiger partial charge in [0.25, 0.3) is 0 Å². The number of pyridine rings is 1. The van der Waals surface area contributed by atoms with E-state index in [1.54, 1.807) is 19.2 Å². The highest BCUT2D eigenvalue weighted by atomic mass is 35.5. The molecule has 5 nitrogen and oxygen atoms in total. The number of alkyl halides is 1. The van der Waals surface area contributed by atoms with Crippen LogP contribution in [0.25, 0.3) is 0 Å². The molecule has 1 atom stereocenters.